The lowest BCUT2D eigenvalue weighted by Crippen LogP contribution is -2.45. The minimum atomic E-state index is -0.153. The first-order valence-electron chi connectivity index (χ1n) is 5.32. The van der Waals surface area contributed by atoms with Crippen molar-refractivity contribution in [1.82, 2.24) is 9.78 Å². The molecule has 0 aromatic carbocycles. The van der Waals surface area contributed by atoms with Gasteiger partial charge in [0, 0.05) is 23.7 Å². The SMILES string of the molecule is CCn1ccc(C2(C(C)(C)N)CC2)n1. The summed E-state index contributed by atoms with van der Waals surface area (Å²) in [4.78, 5) is 0. The molecule has 2 rings (SSSR count). The van der Waals surface area contributed by atoms with Crippen LogP contribution in [-0.4, -0.2) is 15.3 Å². The molecule has 0 saturated heterocycles. The second kappa shape index (κ2) is 2.83. The number of hydrogen-bond donors (Lipinski definition) is 1. The average Bonchev–Trinajstić information content (AvgIpc) is 2.79. The Morgan fingerprint density at radius 1 is 1.57 bits per heavy atom. The number of aromatic nitrogens is 2. The van der Waals surface area contributed by atoms with Crippen LogP contribution in [0, 0.1) is 0 Å². The van der Waals surface area contributed by atoms with E-state index in [1.807, 2.05) is 10.9 Å². The summed E-state index contributed by atoms with van der Waals surface area (Å²) in [7, 11) is 0. The molecule has 1 fully saturated rings. The number of hydrogen-bond acceptors (Lipinski definition) is 2. The highest BCUT2D eigenvalue weighted by Gasteiger charge is 2.55. The maximum atomic E-state index is 6.21. The second-order valence-corrected chi connectivity index (χ2v) is 4.86. The number of nitrogens with two attached hydrogens (primary N) is 1. The predicted octanol–water partition coefficient (Wildman–Crippen LogP) is 1.67. The van der Waals surface area contributed by atoms with Crippen LogP contribution in [0.25, 0.3) is 0 Å². The molecule has 1 saturated carbocycles. The first-order valence-corrected chi connectivity index (χ1v) is 5.32. The summed E-state index contributed by atoms with van der Waals surface area (Å²) in [6.45, 7) is 7.24. The van der Waals surface area contributed by atoms with Crippen molar-refractivity contribution in [3.63, 3.8) is 0 Å². The van der Waals surface area contributed by atoms with Gasteiger partial charge in [-0.1, -0.05) is 0 Å². The van der Waals surface area contributed by atoms with Crippen LogP contribution in [0.3, 0.4) is 0 Å². The van der Waals surface area contributed by atoms with Gasteiger partial charge in [-0.15, -0.1) is 0 Å². The van der Waals surface area contributed by atoms with Crippen molar-refractivity contribution in [3.05, 3.63) is 18.0 Å². The van der Waals surface area contributed by atoms with E-state index in [2.05, 4.69) is 31.9 Å². The molecule has 0 radical (unpaired) electrons. The maximum Gasteiger partial charge on any atom is 0.0704 e. The lowest BCUT2D eigenvalue weighted by atomic mass is 9.82. The van der Waals surface area contributed by atoms with Crippen molar-refractivity contribution < 1.29 is 0 Å². The molecule has 78 valence electrons. The molecule has 1 heterocycles. The minimum absolute atomic E-state index is 0.146. The third-order valence-corrected chi connectivity index (χ3v) is 3.44. The fourth-order valence-corrected chi connectivity index (χ4v) is 2.15. The zero-order valence-corrected chi connectivity index (χ0v) is 9.25. The highest BCUT2D eigenvalue weighted by Crippen LogP contribution is 2.53. The molecule has 1 aliphatic carbocycles. The highest BCUT2D eigenvalue weighted by molar-refractivity contribution is 5.30. The molecule has 0 aliphatic heterocycles. The largest absolute Gasteiger partial charge is 0.325 e. The topological polar surface area (TPSA) is 43.8 Å². The van der Waals surface area contributed by atoms with Crippen molar-refractivity contribution in [1.29, 1.82) is 0 Å². The molecular weight excluding hydrogens is 174 g/mol. The summed E-state index contributed by atoms with van der Waals surface area (Å²) < 4.78 is 1.97. The summed E-state index contributed by atoms with van der Waals surface area (Å²) in [5, 5.41) is 4.57. The van der Waals surface area contributed by atoms with Crippen LogP contribution in [0.15, 0.2) is 12.3 Å². The summed E-state index contributed by atoms with van der Waals surface area (Å²) in [5.41, 5.74) is 7.38. The Kier molecular flexibility index (Phi) is 1.96. The van der Waals surface area contributed by atoms with Gasteiger partial charge in [-0.2, -0.15) is 5.10 Å². The van der Waals surface area contributed by atoms with E-state index < -0.39 is 0 Å². The van der Waals surface area contributed by atoms with Crippen molar-refractivity contribution in [3.8, 4) is 0 Å². The van der Waals surface area contributed by atoms with Gasteiger partial charge in [0.15, 0.2) is 0 Å². The Morgan fingerprint density at radius 3 is 2.57 bits per heavy atom. The molecule has 2 N–H and O–H groups in total. The van der Waals surface area contributed by atoms with Gasteiger partial charge in [-0.25, -0.2) is 0 Å². The number of aryl methyl sites for hydroxylation is 1. The normalized spacial score (nSPS) is 19.7. The van der Waals surface area contributed by atoms with Crippen molar-refractivity contribution in [2.45, 2.75) is 51.1 Å². The second-order valence-electron chi connectivity index (χ2n) is 4.86. The Morgan fingerprint density at radius 2 is 2.21 bits per heavy atom. The van der Waals surface area contributed by atoms with E-state index in [9.17, 15) is 0 Å². The molecule has 0 spiro atoms. The minimum Gasteiger partial charge on any atom is -0.325 e. The molecule has 14 heavy (non-hydrogen) atoms. The summed E-state index contributed by atoms with van der Waals surface area (Å²) in [6, 6.07) is 2.12. The van der Waals surface area contributed by atoms with E-state index in [1.54, 1.807) is 0 Å². The molecule has 3 nitrogen and oxygen atoms in total. The van der Waals surface area contributed by atoms with Crippen molar-refractivity contribution in [2.75, 3.05) is 0 Å². The van der Waals surface area contributed by atoms with Gasteiger partial charge >= 0.3 is 0 Å². The van der Waals surface area contributed by atoms with E-state index in [0.29, 0.717) is 0 Å². The zero-order chi connectivity index (χ0) is 10.4. The summed E-state index contributed by atoms with van der Waals surface area (Å²) in [5.74, 6) is 0. The molecule has 1 aliphatic rings. The summed E-state index contributed by atoms with van der Waals surface area (Å²) >= 11 is 0. The van der Waals surface area contributed by atoms with Gasteiger partial charge in [0.2, 0.25) is 0 Å². The molecule has 0 unspecified atom stereocenters. The lowest BCUT2D eigenvalue weighted by molar-refractivity contribution is 0.380. The maximum absolute atomic E-state index is 6.21. The third-order valence-electron chi connectivity index (χ3n) is 3.44. The van der Waals surface area contributed by atoms with Gasteiger partial charge in [0.25, 0.3) is 0 Å². The van der Waals surface area contributed by atoms with Gasteiger partial charge in [0.1, 0.15) is 0 Å². The van der Waals surface area contributed by atoms with Crippen LogP contribution >= 0.6 is 0 Å². The Hall–Kier alpha value is -0.830. The monoisotopic (exact) mass is 193 g/mol. The van der Waals surface area contributed by atoms with Crippen LogP contribution < -0.4 is 5.73 Å². The van der Waals surface area contributed by atoms with Gasteiger partial charge < -0.3 is 5.73 Å². The highest BCUT2D eigenvalue weighted by atomic mass is 15.3. The zero-order valence-electron chi connectivity index (χ0n) is 9.25. The van der Waals surface area contributed by atoms with Crippen LogP contribution in [0.4, 0.5) is 0 Å². The van der Waals surface area contributed by atoms with Crippen LogP contribution in [0.2, 0.25) is 0 Å². The molecule has 3 heteroatoms. The predicted molar refractivity (Wildman–Crippen MR) is 57.1 cm³/mol. The smallest absolute Gasteiger partial charge is 0.0704 e. The molecule has 0 bridgehead atoms. The fourth-order valence-electron chi connectivity index (χ4n) is 2.15. The fraction of sp³-hybridized carbons (Fsp3) is 0.727. The van der Waals surface area contributed by atoms with E-state index >= 15 is 0 Å². The van der Waals surface area contributed by atoms with E-state index in [4.69, 9.17) is 5.73 Å². The number of nitrogens with zero attached hydrogens (tertiary/aromatic N) is 2. The Balaban J connectivity index is 2.31. The van der Waals surface area contributed by atoms with Gasteiger partial charge in [-0.3, -0.25) is 4.68 Å². The lowest BCUT2D eigenvalue weighted by Gasteiger charge is -2.29. The van der Waals surface area contributed by atoms with Crippen LogP contribution in [0.1, 0.15) is 39.3 Å². The Bertz CT molecular complexity index is 329. The number of rotatable bonds is 3. The van der Waals surface area contributed by atoms with E-state index in [1.165, 1.54) is 18.5 Å². The van der Waals surface area contributed by atoms with E-state index in [0.717, 1.165) is 6.54 Å². The quantitative estimate of drug-likeness (QED) is 0.793. The van der Waals surface area contributed by atoms with Gasteiger partial charge in [-0.05, 0) is 39.7 Å². The molecule has 0 amide bonds. The Labute approximate surface area is 85.3 Å². The van der Waals surface area contributed by atoms with Gasteiger partial charge in [0.05, 0.1) is 5.69 Å². The van der Waals surface area contributed by atoms with Crippen molar-refractivity contribution in [2.24, 2.45) is 5.73 Å². The van der Waals surface area contributed by atoms with E-state index in [-0.39, 0.29) is 11.0 Å². The average molecular weight is 193 g/mol. The standard InChI is InChI=1S/C11H19N3/c1-4-14-8-5-9(13-14)11(6-7-11)10(2,3)12/h5,8H,4,6-7,12H2,1-3H3. The molecule has 1 aromatic rings. The molecular formula is C11H19N3. The molecule has 0 atom stereocenters. The van der Waals surface area contributed by atoms with Crippen LogP contribution in [0.5, 0.6) is 0 Å². The van der Waals surface area contributed by atoms with Crippen molar-refractivity contribution >= 4 is 0 Å². The summed E-state index contributed by atoms with van der Waals surface area (Å²) in [6.07, 6.45) is 4.40. The first-order chi connectivity index (χ1) is 6.49. The first kappa shape index (κ1) is 9.71. The molecule has 1 aromatic heterocycles. The van der Waals surface area contributed by atoms with Crippen LogP contribution in [-0.2, 0) is 12.0 Å². The third kappa shape index (κ3) is 1.27.